The van der Waals surface area contributed by atoms with Crippen LogP contribution in [-0.2, 0) is 0 Å². The zero-order valence-electron chi connectivity index (χ0n) is 11.1. The van der Waals surface area contributed by atoms with Crippen molar-refractivity contribution < 1.29 is 4.39 Å². The molecule has 2 aromatic rings. The summed E-state index contributed by atoms with van der Waals surface area (Å²) >= 11 is 0. The highest BCUT2D eigenvalue weighted by Gasteiger charge is 2.06. The molecule has 0 saturated carbocycles. The van der Waals surface area contributed by atoms with Crippen LogP contribution in [0.3, 0.4) is 0 Å². The van der Waals surface area contributed by atoms with Crippen LogP contribution in [0.15, 0.2) is 30.6 Å². The van der Waals surface area contributed by atoms with E-state index < -0.39 is 0 Å². The third kappa shape index (κ3) is 3.40. The van der Waals surface area contributed by atoms with Crippen molar-refractivity contribution in [1.29, 1.82) is 0 Å². The summed E-state index contributed by atoms with van der Waals surface area (Å²) in [6, 6.07) is 6.72. The summed E-state index contributed by atoms with van der Waals surface area (Å²) in [5.41, 5.74) is 1.28. The predicted molar refractivity (Wildman–Crippen MR) is 75.2 cm³/mol. The topological polar surface area (TPSA) is 49.8 Å². The summed E-state index contributed by atoms with van der Waals surface area (Å²) in [4.78, 5) is 8.20. The van der Waals surface area contributed by atoms with Gasteiger partial charge in [0.15, 0.2) is 0 Å². The van der Waals surface area contributed by atoms with Gasteiger partial charge < -0.3 is 10.6 Å². The van der Waals surface area contributed by atoms with Gasteiger partial charge in [0.2, 0.25) is 0 Å². The first-order chi connectivity index (χ1) is 9.20. The first kappa shape index (κ1) is 13.3. The van der Waals surface area contributed by atoms with Crippen LogP contribution in [-0.4, -0.2) is 16.5 Å². The Balaban J connectivity index is 2.19. The molecule has 0 radical (unpaired) electrons. The maximum atomic E-state index is 13.7. The first-order valence-electron chi connectivity index (χ1n) is 6.28. The second kappa shape index (κ2) is 6.13. The maximum absolute atomic E-state index is 13.7. The summed E-state index contributed by atoms with van der Waals surface area (Å²) < 4.78 is 13.7. The zero-order valence-corrected chi connectivity index (χ0v) is 11.1. The van der Waals surface area contributed by atoms with Crippen molar-refractivity contribution in [1.82, 2.24) is 9.97 Å². The number of anilines is 3. The molecule has 1 heterocycles. The SMILES string of the molecule is CCCNc1cc(Nc2c(C)cccc2F)ncn1. The van der Waals surface area contributed by atoms with Gasteiger partial charge in [-0.1, -0.05) is 19.1 Å². The molecule has 0 fully saturated rings. The highest BCUT2D eigenvalue weighted by Crippen LogP contribution is 2.23. The monoisotopic (exact) mass is 260 g/mol. The third-order valence-electron chi connectivity index (χ3n) is 2.70. The summed E-state index contributed by atoms with van der Waals surface area (Å²) in [6.45, 7) is 4.77. The van der Waals surface area contributed by atoms with E-state index in [0.29, 0.717) is 11.5 Å². The van der Waals surface area contributed by atoms with E-state index in [-0.39, 0.29) is 5.82 Å². The molecule has 0 aliphatic rings. The summed E-state index contributed by atoms with van der Waals surface area (Å²) in [5, 5.41) is 6.16. The number of halogens is 1. The molecule has 19 heavy (non-hydrogen) atoms. The standard InChI is InChI=1S/C14H17FN4/c1-3-7-16-12-8-13(18-9-17-12)19-14-10(2)5-4-6-11(14)15/h4-6,8-9H,3,7H2,1-2H3,(H2,16,17,18,19). The highest BCUT2D eigenvalue weighted by molar-refractivity contribution is 5.62. The van der Waals surface area contributed by atoms with Crippen LogP contribution >= 0.6 is 0 Å². The molecule has 0 aliphatic carbocycles. The van der Waals surface area contributed by atoms with Gasteiger partial charge in [0.1, 0.15) is 23.8 Å². The van der Waals surface area contributed by atoms with Crippen LogP contribution in [0.4, 0.5) is 21.7 Å². The number of aryl methyl sites for hydroxylation is 1. The largest absolute Gasteiger partial charge is 0.370 e. The molecule has 2 rings (SSSR count). The Labute approximate surface area is 112 Å². The van der Waals surface area contributed by atoms with E-state index in [0.717, 1.165) is 24.3 Å². The average Bonchev–Trinajstić information content (AvgIpc) is 2.41. The van der Waals surface area contributed by atoms with Crippen molar-refractivity contribution in [3.05, 3.63) is 42.0 Å². The number of para-hydroxylation sites is 1. The fourth-order valence-corrected chi connectivity index (χ4v) is 1.69. The lowest BCUT2D eigenvalue weighted by Crippen LogP contribution is -2.04. The van der Waals surface area contributed by atoms with Gasteiger partial charge in [-0.05, 0) is 25.0 Å². The van der Waals surface area contributed by atoms with Crippen LogP contribution in [0.2, 0.25) is 0 Å². The van der Waals surface area contributed by atoms with Gasteiger partial charge in [-0.2, -0.15) is 0 Å². The van der Waals surface area contributed by atoms with Crippen LogP contribution in [0.5, 0.6) is 0 Å². The maximum Gasteiger partial charge on any atom is 0.146 e. The Kier molecular flexibility index (Phi) is 4.28. The van der Waals surface area contributed by atoms with Crippen molar-refractivity contribution in [3.8, 4) is 0 Å². The Morgan fingerprint density at radius 2 is 2.00 bits per heavy atom. The summed E-state index contributed by atoms with van der Waals surface area (Å²) in [5.74, 6) is 1.01. The van der Waals surface area contributed by atoms with E-state index in [1.54, 1.807) is 12.1 Å². The van der Waals surface area contributed by atoms with Crippen LogP contribution < -0.4 is 10.6 Å². The Morgan fingerprint density at radius 3 is 2.74 bits per heavy atom. The molecule has 1 aromatic heterocycles. The second-order valence-electron chi connectivity index (χ2n) is 4.27. The van der Waals surface area contributed by atoms with Gasteiger partial charge in [0.25, 0.3) is 0 Å². The second-order valence-corrected chi connectivity index (χ2v) is 4.27. The Hall–Kier alpha value is -2.17. The lowest BCUT2D eigenvalue weighted by atomic mass is 10.2. The fourth-order valence-electron chi connectivity index (χ4n) is 1.69. The molecular formula is C14H17FN4. The van der Waals surface area contributed by atoms with Gasteiger partial charge in [-0.15, -0.1) is 0 Å². The number of rotatable bonds is 5. The number of hydrogen-bond donors (Lipinski definition) is 2. The Bertz CT molecular complexity index is 537. The molecular weight excluding hydrogens is 243 g/mol. The Morgan fingerprint density at radius 1 is 1.21 bits per heavy atom. The number of nitrogens with one attached hydrogen (secondary N) is 2. The smallest absolute Gasteiger partial charge is 0.146 e. The summed E-state index contributed by atoms with van der Waals surface area (Å²) in [7, 11) is 0. The molecule has 0 spiro atoms. The van der Waals surface area contributed by atoms with Crippen LogP contribution in [0.1, 0.15) is 18.9 Å². The molecule has 0 atom stereocenters. The van der Waals surface area contributed by atoms with E-state index in [9.17, 15) is 4.39 Å². The van der Waals surface area contributed by atoms with Crippen molar-refractivity contribution in [2.75, 3.05) is 17.2 Å². The molecule has 5 heteroatoms. The molecule has 1 aromatic carbocycles. The molecule has 0 amide bonds. The number of nitrogens with zero attached hydrogens (tertiary/aromatic N) is 2. The predicted octanol–water partition coefficient (Wildman–Crippen LogP) is 3.49. The minimum atomic E-state index is -0.290. The first-order valence-corrected chi connectivity index (χ1v) is 6.28. The molecule has 0 bridgehead atoms. The van der Waals surface area contributed by atoms with Crippen molar-refractivity contribution in [2.24, 2.45) is 0 Å². The average molecular weight is 260 g/mol. The number of benzene rings is 1. The van der Waals surface area contributed by atoms with Gasteiger partial charge >= 0.3 is 0 Å². The molecule has 4 nitrogen and oxygen atoms in total. The minimum absolute atomic E-state index is 0.290. The van der Waals surface area contributed by atoms with E-state index in [1.165, 1.54) is 12.4 Å². The van der Waals surface area contributed by atoms with Gasteiger partial charge in [-0.25, -0.2) is 14.4 Å². The van der Waals surface area contributed by atoms with Gasteiger partial charge in [0, 0.05) is 12.6 Å². The van der Waals surface area contributed by atoms with Crippen LogP contribution in [0, 0.1) is 12.7 Å². The van der Waals surface area contributed by atoms with E-state index in [1.807, 2.05) is 13.0 Å². The van der Waals surface area contributed by atoms with Crippen molar-refractivity contribution in [2.45, 2.75) is 20.3 Å². The zero-order chi connectivity index (χ0) is 13.7. The number of hydrogen-bond acceptors (Lipinski definition) is 4. The van der Waals surface area contributed by atoms with Crippen LogP contribution in [0.25, 0.3) is 0 Å². The van der Waals surface area contributed by atoms with Crippen molar-refractivity contribution >= 4 is 17.3 Å². The summed E-state index contributed by atoms with van der Waals surface area (Å²) in [6.07, 6.45) is 2.47. The highest BCUT2D eigenvalue weighted by atomic mass is 19.1. The van der Waals surface area contributed by atoms with Crippen molar-refractivity contribution in [3.63, 3.8) is 0 Å². The van der Waals surface area contributed by atoms with E-state index in [2.05, 4.69) is 27.5 Å². The molecule has 2 N–H and O–H groups in total. The van der Waals surface area contributed by atoms with Gasteiger partial charge in [0.05, 0.1) is 5.69 Å². The van der Waals surface area contributed by atoms with E-state index in [4.69, 9.17) is 0 Å². The third-order valence-corrected chi connectivity index (χ3v) is 2.70. The molecule has 0 aliphatic heterocycles. The lowest BCUT2D eigenvalue weighted by molar-refractivity contribution is 0.631. The number of aromatic nitrogens is 2. The quantitative estimate of drug-likeness (QED) is 0.864. The van der Waals surface area contributed by atoms with E-state index >= 15 is 0 Å². The fraction of sp³-hybridized carbons (Fsp3) is 0.286. The van der Waals surface area contributed by atoms with Gasteiger partial charge in [-0.3, -0.25) is 0 Å². The molecule has 0 unspecified atom stereocenters. The molecule has 100 valence electrons. The molecule has 0 saturated heterocycles. The lowest BCUT2D eigenvalue weighted by Gasteiger charge is -2.10. The minimum Gasteiger partial charge on any atom is -0.370 e. The normalized spacial score (nSPS) is 10.3.